The van der Waals surface area contributed by atoms with Crippen molar-refractivity contribution in [1.82, 2.24) is 0 Å². The van der Waals surface area contributed by atoms with E-state index in [9.17, 15) is 0 Å². The van der Waals surface area contributed by atoms with Gasteiger partial charge in [-0.25, -0.2) is 0 Å². The van der Waals surface area contributed by atoms with Crippen LogP contribution in [0.15, 0.2) is 23.6 Å². The van der Waals surface area contributed by atoms with Crippen molar-refractivity contribution in [3.05, 3.63) is 23.6 Å². The van der Waals surface area contributed by atoms with E-state index in [1.165, 1.54) is 12.8 Å². The fourth-order valence-corrected chi connectivity index (χ4v) is 0.554. The molecule has 0 N–H and O–H groups in total. The second-order valence-electron chi connectivity index (χ2n) is 1.65. The van der Waals surface area contributed by atoms with Crippen molar-refractivity contribution in [3.8, 4) is 0 Å². The minimum Gasteiger partial charge on any atom is -1.00 e. The fraction of sp³-hybridized carbons (Fsp3) is 0.200. The van der Waals surface area contributed by atoms with Gasteiger partial charge in [-0.15, -0.1) is 11.4 Å². The molecule has 32 valence electrons. The Hall–Kier alpha value is 0.142. The van der Waals surface area contributed by atoms with Crippen LogP contribution in [0.4, 0.5) is 0 Å². The maximum Gasteiger partial charge on any atom is 1.00 e. The third-order valence-electron chi connectivity index (χ3n) is 0.957. The van der Waals surface area contributed by atoms with Gasteiger partial charge in [-0.1, -0.05) is 19.1 Å². The number of allylic oxidation sites excluding steroid dienone is 3. The van der Waals surface area contributed by atoms with Crippen molar-refractivity contribution in [2.75, 3.05) is 0 Å². The van der Waals surface area contributed by atoms with Crippen LogP contribution in [0.1, 0.15) is 8.35 Å². The Morgan fingerprint density at radius 3 is 2.57 bits per heavy atom. The largest absolute Gasteiger partial charge is 1.00 e. The molecule has 0 radical (unpaired) electrons. The molecular weight excluding hydrogens is 77.8 g/mol. The second-order valence-corrected chi connectivity index (χ2v) is 1.65. The van der Waals surface area contributed by atoms with Crippen LogP contribution in [0.3, 0.4) is 0 Å². The molecule has 1 heterocycles. The molecule has 0 atom stereocenters. The fourth-order valence-electron chi connectivity index (χ4n) is 0.554. The third kappa shape index (κ3) is 2.07. The van der Waals surface area contributed by atoms with E-state index >= 15 is 0 Å². The molecule has 0 aliphatic carbocycles. The molecule has 0 nitrogen and oxygen atoms in total. The second kappa shape index (κ2) is 3.18. The van der Waals surface area contributed by atoms with Crippen LogP contribution in [0.2, 0.25) is 0 Å². The van der Waals surface area contributed by atoms with Gasteiger partial charge in [-0.3, -0.25) is 0 Å². The Morgan fingerprint density at radius 2 is 2.43 bits per heavy atom. The average Bonchev–Trinajstić information content (AvgIpc) is 1.86. The molecule has 0 bridgehead atoms. The van der Waals surface area contributed by atoms with Crippen LogP contribution in [0.5, 0.6) is 0 Å². The first-order valence-electron chi connectivity index (χ1n) is 2.22. The molecule has 0 unspecified atom stereocenters. The van der Waals surface area contributed by atoms with E-state index in [4.69, 9.17) is 0 Å². The van der Waals surface area contributed by atoms with Gasteiger partial charge in [-0.2, -0.15) is 0 Å². The van der Waals surface area contributed by atoms with E-state index in [-0.39, 0.29) is 20.3 Å². The summed E-state index contributed by atoms with van der Waals surface area (Å²) in [4.78, 5) is 0. The molecule has 2 heteroatoms. The zero-order valence-corrected chi connectivity index (χ0v) is 4.94. The molecule has 0 saturated carbocycles. The number of hydrogen-bond acceptors (Lipinski definition) is 0. The minimum atomic E-state index is 0. The van der Waals surface area contributed by atoms with Gasteiger partial charge in [-0.05, 0) is 0 Å². The molecule has 0 amide bonds. The molecule has 0 aromatic heterocycles. The van der Waals surface area contributed by atoms with E-state index in [2.05, 4.69) is 25.1 Å². The van der Waals surface area contributed by atoms with E-state index in [1.54, 1.807) is 0 Å². The topological polar surface area (TPSA) is 0 Å². The van der Waals surface area contributed by atoms with E-state index < -0.39 is 0 Å². The quantitative estimate of drug-likeness (QED) is 0.298. The van der Waals surface area contributed by atoms with Crippen LogP contribution >= 0.6 is 0 Å². The molecule has 0 aromatic carbocycles. The monoisotopic (exact) mass is 86.1 g/mol. The Kier molecular flexibility index (Phi) is 3.25. The first-order valence-corrected chi connectivity index (χ1v) is 2.22. The Morgan fingerprint density at radius 1 is 1.71 bits per heavy atom. The molecular formula is C5H8BLi. The van der Waals surface area contributed by atoms with Crippen LogP contribution in [-0.4, -0.2) is 7.28 Å². The summed E-state index contributed by atoms with van der Waals surface area (Å²) in [6, 6.07) is 0. The van der Waals surface area contributed by atoms with Gasteiger partial charge in [0.2, 0.25) is 0 Å². The average molecular weight is 85.9 g/mol. The summed E-state index contributed by atoms with van der Waals surface area (Å²) in [5.41, 5.74) is 1.47. The molecule has 0 aromatic rings. The predicted octanol–water partition coefficient (Wildman–Crippen LogP) is -2.03. The summed E-state index contributed by atoms with van der Waals surface area (Å²) in [6.45, 7) is 2.14. The maximum atomic E-state index is 2.16. The first kappa shape index (κ1) is 7.14. The van der Waals surface area contributed by atoms with Gasteiger partial charge >= 0.3 is 18.9 Å². The van der Waals surface area contributed by atoms with Gasteiger partial charge in [0.15, 0.2) is 7.28 Å². The van der Waals surface area contributed by atoms with Crippen molar-refractivity contribution in [3.63, 3.8) is 0 Å². The number of hydrogen-bond donors (Lipinski definition) is 0. The molecule has 0 spiro atoms. The van der Waals surface area contributed by atoms with Gasteiger partial charge in [0, 0.05) is 0 Å². The molecule has 1 aliphatic rings. The molecule has 7 heavy (non-hydrogen) atoms. The first-order chi connectivity index (χ1) is 2.89. The predicted molar refractivity (Wildman–Crippen MR) is 31.2 cm³/mol. The summed E-state index contributed by atoms with van der Waals surface area (Å²) < 4.78 is 0. The van der Waals surface area contributed by atoms with Crippen molar-refractivity contribution < 1.29 is 20.3 Å². The molecule has 1 aliphatic heterocycles. The zero-order valence-electron chi connectivity index (χ0n) is 5.94. The normalized spacial score (nSPS) is 14.7. The van der Waals surface area contributed by atoms with Crippen LogP contribution in [0.25, 0.3) is 0 Å². The van der Waals surface area contributed by atoms with Gasteiger partial charge in [0.25, 0.3) is 0 Å². The maximum absolute atomic E-state index is 2.16. The summed E-state index contributed by atoms with van der Waals surface area (Å²) in [6.07, 6.45) is 4.23. The summed E-state index contributed by atoms with van der Waals surface area (Å²) in [5, 5.41) is 0. The van der Waals surface area contributed by atoms with Crippen molar-refractivity contribution in [1.29, 1.82) is 0 Å². The summed E-state index contributed by atoms with van der Waals surface area (Å²) >= 11 is 0. The molecule has 1 rings (SSSR count). The Balaban J connectivity index is 0. The Bertz CT molecular complexity index is 109. The van der Waals surface area contributed by atoms with Crippen molar-refractivity contribution in [2.45, 2.75) is 6.92 Å². The van der Waals surface area contributed by atoms with Crippen molar-refractivity contribution >= 4 is 7.28 Å². The van der Waals surface area contributed by atoms with Gasteiger partial charge in [0.05, 0.1) is 0 Å². The molecule has 0 fully saturated rings. The van der Waals surface area contributed by atoms with Crippen LogP contribution in [0, 0.1) is 0 Å². The number of rotatable bonds is 0. The summed E-state index contributed by atoms with van der Waals surface area (Å²) in [7, 11) is 1.17. The van der Waals surface area contributed by atoms with Crippen molar-refractivity contribution in [2.24, 2.45) is 0 Å². The Labute approximate surface area is 58.6 Å². The van der Waals surface area contributed by atoms with Crippen LogP contribution in [-0.2, 0) is 0 Å². The van der Waals surface area contributed by atoms with E-state index in [0.29, 0.717) is 0 Å². The van der Waals surface area contributed by atoms with Gasteiger partial charge < -0.3 is 1.43 Å². The SMILES string of the molecule is CC1=CC=CB1.[H-].[Li+]. The van der Waals surface area contributed by atoms with E-state index in [1.807, 2.05) is 0 Å². The summed E-state index contributed by atoms with van der Waals surface area (Å²) in [5.74, 6) is 2.16. The van der Waals surface area contributed by atoms with Gasteiger partial charge in [0.1, 0.15) is 0 Å². The third-order valence-corrected chi connectivity index (χ3v) is 0.957. The minimum absolute atomic E-state index is 0. The van der Waals surface area contributed by atoms with E-state index in [0.717, 1.165) is 0 Å². The standard InChI is InChI=1S/C5H7B.Li.H/c1-5-3-2-4-6-5;;/h2-4,6H,1H3;;/q;+1;-1. The smallest absolute Gasteiger partial charge is 1.00 e. The van der Waals surface area contributed by atoms with Crippen LogP contribution < -0.4 is 18.9 Å². The zero-order chi connectivity index (χ0) is 4.41. The molecule has 0 saturated heterocycles.